The van der Waals surface area contributed by atoms with E-state index in [0.29, 0.717) is 5.57 Å². The molecule has 0 aromatic heterocycles. The first-order valence-electron chi connectivity index (χ1n) is 4.83. The number of hydrogen-bond acceptors (Lipinski definition) is 1. The number of rotatable bonds is 4. The van der Waals surface area contributed by atoms with Crippen molar-refractivity contribution in [3.05, 3.63) is 33.4 Å². The standard InChI is InChI=1S/C12H17BrO2/c1-5-9(4)6-10(13)7-11(8(2)3)12(14)15/h6-7H,5H2,1-4H3,(H,14,15). The van der Waals surface area contributed by atoms with Gasteiger partial charge in [-0.3, -0.25) is 0 Å². The molecule has 0 radical (unpaired) electrons. The Balaban J connectivity index is 5.04. The second-order valence-corrected chi connectivity index (χ2v) is 4.51. The maximum absolute atomic E-state index is 10.9. The monoisotopic (exact) mass is 272 g/mol. The van der Waals surface area contributed by atoms with Gasteiger partial charge in [-0.15, -0.1) is 0 Å². The van der Waals surface area contributed by atoms with E-state index < -0.39 is 5.97 Å². The molecule has 0 aromatic rings. The van der Waals surface area contributed by atoms with Gasteiger partial charge in [0.05, 0.1) is 5.57 Å². The van der Waals surface area contributed by atoms with E-state index in [-0.39, 0.29) is 0 Å². The van der Waals surface area contributed by atoms with Crippen LogP contribution in [0.15, 0.2) is 33.4 Å². The van der Waals surface area contributed by atoms with Crippen LogP contribution in [0.2, 0.25) is 0 Å². The molecule has 0 amide bonds. The molecule has 0 bridgehead atoms. The highest BCUT2D eigenvalue weighted by Gasteiger charge is 2.06. The third kappa shape index (κ3) is 5.57. The van der Waals surface area contributed by atoms with Gasteiger partial charge in [0.1, 0.15) is 0 Å². The third-order valence-corrected chi connectivity index (χ3v) is 2.45. The Morgan fingerprint density at radius 1 is 1.27 bits per heavy atom. The molecule has 0 saturated carbocycles. The predicted octanol–water partition coefficient (Wildman–Crippen LogP) is 4.04. The quantitative estimate of drug-likeness (QED) is 0.620. The third-order valence-electron chi connectivity index (χ3n) is 1.99. The zero-order valence-electron chi connectivity index (χ0n) is 9.60. The highest BCUT2D eigenvalue weighted by molar-refractivity contribution is 9.11. The van der Waals surface area contributed by atoms with E-state index in [9.17, 15) is 4.79 Å². The zero-order valence-corrected chi connectivity index (χ0v) is 11.2. The van der Waals surface area contributed by atoms with Gasteiger partial charge in [-0.2, -0.15) is 0 Å². The highest BCUT2D eigenvalue weighted by atomic mass is 79.9. The van der Waals surface area contributed by atoms with Crippen LogP contribution in [0.1, 0.15) is 34.1 Å². The summed E-state index contributed by atoms with van der Waals surface area (Å²) in [5, 5.41) is 8.94. The maximum atomic E-state index is 10.9. The highest BCUT2D eigenvalue weighted by Crippen LogP contribution is 2.16. The molecule has 0 aliphatic rings. The molecule has 0 unspecified atom stereocenters. The smallest absolute Gasteiger partial charge is 0.335 e. The predicted molar refractivity (Wildman–Crippen MR) is 67.1 cm³/mol. The molecular weight excluding hydrogens is 256 g/mol. The Bertz CT molecular complexity index is 332. The fraction of sp³-hybridized carbons (Fsp3) is 0.417. The van der Waals surface area contributed by atoms with Crippen molar-refractivity contribution in [2.75, 3.05) is 0 Å². The summed E-state index contributed by atoms with van der Waals surface area (Å²) < 4.78 is 0.792. The normalized spacial score (nSPS) is 12.6. The van der Waals surface area contributed by atoms with Crippen LogP contribution in [0.3, 0.4) is 0 Å². The second-order valence-electron chi connectivity index (χ2n) is 3.59. The summed E-state index contributed by atoms with van der Waals surface area (Å²) in [6, 6.07) is 0. The lowest BCUT2D eigenvalue weighted by molar-refractivity contribution is -0.132. The minimum absolute atomic E-state index is 0.335. The van der Waals surface area contributed by atoms with Crippen LogP contribution in [0.25, 0.3) is 0 Å². The minimum Gasteiger partial charge on any atom is -0.478 e. The Morgan fingerprint density at radius 2 is 1.80 bits per heavy atom. The van der Waals surface area contributed by atoms with Crippen LogP contribution in [-0.4, -0.2) is 11.1 Å². The second kappa shape index (κ2) is 6.62. The van der Waals surface area contributed by atoms with Crippen molar-refractivity contribution in [1.29, 1.82) is 0 Å². The summed E-state index contributed by atoms with van der Waals surface area (Å²) in [5.41, 5.74) is 2.33. The maximum Gasteiger partial charge on any atom is 0.335 e. The average Bonchev–Trinajstić information content (AvgIpc) is 2.12. The SMILES string of the molecule is CCC(C)=CC(Br)=CC(C(=O)O)=C(C)C. The van der Waals surface area contributed by atoms with Gasteiger partial charge in [-0.1, -0.05) is 34.0 Å². The van der Waals surface area contributed by atoms with Crippen LogP contribution < -0.4 is 0 Å². The van der Waals surface area contributed by atoms with E-state index in [4.69, 9.17) is 5.11 Å². The number of carboxylic acids is 1. The van der Waals surface area contributed by atoms with Crippen molar-refractivity contribution in [3.8, 4) is 0 Å². The van der Waals surface area contributed by atoms with E-state index in [2.05, 4.69) is 22.9 Å². The first-order valence-corrected chi connectivity index (χ1v) is 5.63. The Hall–Kier alpha value is -0.830. The summed E-state index contributed by atoms with van der Waals surface area (Å²) in [6.45, 7) is 7.65. The number of halogens is 1. The molecule has 0 atom stereocenters. The molecule has 84 valence electrons. The Labute approximate surface area is 99.5 Å². The molecule has 0 fully saturated rings. The Morgan fingerprint density at radius 3 is 2.13 bits per heavy atom. The fourth-order valence-corrected chi connectivity index (χ4v) is 1.56. The lowest BCUT2D eigenvalue weighted by Gasteiger charge is -2.00. The lowest BCUT2D eigenvalue weighted by Crippen LogP contribution is -1.99. The fourth-order valence-electron chi connectivity index (χ4n) is 0.937. The topological polar surface area (TPSA) is 37.3 Å². The molecule has 0 aliphatic carbocycles. The minimum atomic E-state index is -0.894. The zero-order chi connectivity index (χ0) is 12.0. The van der Waals surface area contributed by atoms with E-state index in [1.54, 1.807) is 19.9 Å². The molecule has 0 heterocycles. The van der Waals surface area contributed by atoms with Gasteiger partial charge in [0.2, 0.25) is 0 Å². The lowest BCUT2D eigenvalue weighted by atomic mass is 10.1. The molecule has 0 rings (SSSR count). The van der Waals surface area contributed by atoms with Crippen LogP contribution in [0.5, 0.6) is 0 Å². The van der Waals surface area contributed by atoms with Crippen molar-refractivity contribution in [1.82, 2.24) is 0 Å². The van der Waals surface area contributed by atoms with Crippen molar-refractivity contribution >= 4 is 21.9 Å². The number of carbonyl (C=O) groups is 1. The van der Waals surface area contributed by atoms with Gasteiger partial charge in [0.25, 0.3) is 0 Å². The van der Waals surface area contributed by atoms with Crippen molar-refractivity contribution in [2.45, 2.75) is 34.1 Å². The number of hydrogen-bond donors (Lipinski definition) is 1. The van der Waals surface area contributed by atoms with Gasteiger partial charge < -0.3 is 5.11 Å². The van der Waals surface area contributed by atoms with Gasteiger partial charge >= 0.3 is 5.97 Å². The van der Waals surface area contributed by atoms with Crippen molar-refractivity contribution in [2.24, 2.45) is 0 Å². The average molecular weight is 273 g/mol. The summed E-state index contributed by atoms with van der Waals surface area (Å²) in [4.78, 5) is 10.9. The van der Waals surface area contributed by atoms with E-state index in [1.165, 1.54) is 5.57 Å². The summed E-state index contributed by atoms with van der Waals surface area (Å²) in [6.07, 6.45) is 4.53. The van der Waals surface area contributed by atoms with Crippen LogP contribution in [0, 0.1) is 0 Å². The molecule has 2 nitrogen and oxygen atoms in total. The van der Waals surface area contributed by atoms with Crippen LogP contribution in [0.4, 0.5) is 0 Å². The van der Waals surface area contributed by atoms with Gasteiger partial charge in [-0.05, 0) is 39.3 Å². The molecule has 0 saturated heterocycles. The van der Waals surface area contributed by atoms with Gasteiger partial charge in [0.15, 0.2) is 0 Å². The molecule has 0 aliphatic heterocycles. The van der Waals surface area contributed by atoms with Crippen LogP contribution in [-0.2, 0) is 4.79 Å². The molecule has 15 heavy (non-hydrogen) atoms. The largest absolute Gasteiger partial charge is 0.478 e. The summed E-state index contributed by atoms with van der Waals surface area (Å²) >= 11 is 3.34. The van der Waals surface area contributed by atoms with Gasteiger partial charge in [-0.25, -0.2) is 4.79 Å². The summed E-state index contributed by atoms with van der Waals surface area (Å²) in [5.74, 6) is -0.894. The number of allylic oxidation sites excluding steroid dienone is 4. The number of aliphatic carboxylic acids is 1. The van der Waals surface area contributed by atoms with E-state index >= 15 is 0 Å². The molecular formula is C12H17BrO2. The molecule has 1 N–H and O–H groups in total. The van der Waals surface area contributed by atoms with Crippen molar-refractivity contribution < 1.29 is 9.90 Å². The van der Waals surface area contributed by atoms with Crippen LogP contribution >= 0.6 is 15.9 Å². The molecule has 3 heteroatoms. The van der Waals surface area contributed by atoms with Crippen molar-refractivity contribution in [3.63, 3.8) is 0 Å². The van der Waals surface area contributed by atoms with E-state index in [0.717, 1.165) is 16.5 Å². The first-order chi connectivity index (χ1) is 6.88. The molecule has 0 spiro atoms. The van der Waals surface area contributed by atoms with E-state index in [1.807, 2.05) is 13.0 Å². The number of carboxylic acid groups (broad SMARTS) is 1. The molecule has 0 aromatic carbocycles. The Kier molecular flexibility index (Phi) is 6.25. The van der Waals surface area contributed by atoms with Gasteiger partial charge in [0, 0.05) is 4.48 Å². The first kappa shape index (κ1) is 14.2. The summed E-state index contributed by atoms with van der Waals surface area (Å²) in [7, 11) is 0.